The van der Waals surface area contributed by atoms with Crippen LogP contribution >= 0.6 is 0 Å². The van der Waals surface area contributed by atoms with Gasteiger partial charge >= 0.3 is 0 Å². The van der Waals surface area contributed by atoms with Gasteiger partial charge in [-0.05, 0) is 31.5 Å². The van der Waals surface area contributed by atoms with Gasteiger partial charge in [0.15, 0.2) is 5.65 Å². The topological polar surface area (TPSA) is 62.5 Å². The molecule has 6 heteroatoms. The number of carbonyl (C=O) groups is 1. The van der Waals surface area contributed by atoms with Crippen molar-refractivity contribution in [1.29, 1.82) is 0 Å². The molecule has 0 radical (unpaired) electrons. The molecule has 1 aromatic carbocycles. The van der Waals surface area contributed by atoms with Crippen LogP contribution < -0.4 is 10.2 Å². The lowest BCUT2D eigenvalue weighted by atomic mass is 10.2. The Kier molecular flexibility index (Phi) is 3.65. The number of amides is 1. The zero-order valence-corrected chi connectivity index (χ0v) is 13.5. The van der Waals surface area contributed by atoms with E-state index in [0.29, 0.717) is 16.9 Å². The highest BCUT2D eigenvalue weighted by atomic mass is 16.1. The van der Waals surface area contributed by atoms with Crippen LogP contribution in [-0.4, -0.2) is 39.6 Å². The van der Waals surface area contributed by atoms with E-state index < -0.39 is 0 Å². The van der Waals surface area contributed by atoms with Crippen molar-refractivity contribution >= 4 is 17.2 Å². The van der Waals surface area contributed by atoms with E-state index in [9.17, 15) is 4.79 Å². The third-order valence-electron chi connectivity index (χ3n) is 4.44. The van der Waals surface area contributed by atoms with E-state index in [4.69, 9.17) is 0 Å². The monoisotopic (exact) mass is 321 g/mol. The van der Waals surface area contributed by atoms with Gasteiger partial charge in [0.2, 0.25) is 0 Å². The highest BCUT2D eigenvalue weighted by molar-refractivity contribution is 6.01. The van der Waals surface area contributed by atoms with Gasteiger partial charge in [-0.2, -0.15) is 5.10 Å². The fourth-order valence-electron chi connectivity index (χ4n) is 3.27. The molecule has 6 nitrogen and oxygen atoms in total. The van der Waals surface area contributed by atoms with Gasteiger partial charge in [0, 0.05) is 37.2 Å². The predicted octanol–water partition coefficient (Wildman–Crippen LogP) is 2.05. The van der Waals surface area contributed by atoms with Crippen molar-refractivity contribution in [1.82, 2.24) is 19.9 Å². The summed E-state index contributed by atoms with van der Waals surface area (Å²) in [5, 5.41) is 7.49. The maximum absolute atomic E-state index is 12.7. The van der Waals surface area contributed by atoms with Crippen LogP contribution in [0.1, 0.15) is 22.5 Å². The number of rotatable bonds is 3. The summed E-state index contributed by atoms with van der Waals surface area (Å²) in [6.45, 7) is 3.61. The summed E-state index contributed by atoms with van der Waals surface area (Å²) in [5.41, 5.74) is 3.06. The van der Waals surface area contributed by atoms with Crippen molar-refractivity contribution in [3.63, 3.8) is 0 Å². The van der Waals surface area contributed by atoms with Gasteiger partial charge in [-0.25, -0.2) is 9.50 Å². The minimum atomic E-state index is -0.0962. The second-order valence-electron chi connectivity index (χ2n) is 6.09. The minimum absolute atomic E-state index is 0.0962. The van der Waals surface area contributed by atoms with Crippen LogP contribution in [0.3, 0.4) is 0 Å². The average molecular weight is 321 g/mol. The molecule has 0 unspecified atom stereocenters. The van der Waals surface area contributed by atoms with E-state index in [1.54, 1.807) is 23.0 Å². The lowest BCUT2D eigenvalue weighted by molar-refractivity contribution is 0.0941. The summed E-state index contributed by atoms with van der Waals surface area (Å²) in [7, 11) is 0. The molecule has 0 spiro atoms. The third-order valence-corrected chi connectivity index (χ3v) is 4.44. The van der Waals surface area contributed by atoms with E-state index in [-0.39, 0.29) is 11.9 Å². The first-order chi connectivity index (χ1) is 11.7. The Balaban J connectivity index is 1.50. The molecule has 1 N–H and O–H groups in total. The number of benzene rings is 1. The van der Waals surface area contributed by atoms with E-state index >= 15 is 0 Å². The quantitative estimate of drug-likeness (QED) is 0.802. The lowest BCUT2D eigenvalue weighted by Gasteiger charge is -2.18. The maximum Gasteiger partial charge on any atom is 0.257 e. The standard InChI is InChI=1S/C18H19N5O/c1-13-16(17-19-9-5-10-23(17)21-13)18(24)20-14-8-11-22(12-14)15-6-3-2-4-7-15/h2-7,9-10,14H,8,11-12H2,1H3,(H,20,24)/t14-/m1/s1. The largest absolute Gasteiger partial charge is 0.369 e. The smallest absolute Gasteiger partial charge is 0.257 e. The van der Waals surface area contributed by atoms with Crippen LogP contribution in [0, 0.1) is 6.92 Å². The van der Waals surface area contributed by atoms with Crippen LogP contribution in [0.15, 0.2) is 48.8 Å². The number of hydrogen-bond acceptors (Lipinski definition) is 4. The number of carbonyl (C=O) groups excluding carboxylic acids is 1. The molecule has 3 heterocycles. The Hall–Kier alpha value is -2.89. The van der Waals surface area contributed by atoms with Crippen molar-refractivity contribution in [2.24, 2.45) is 0 Å². The summed E-state index contributed by atoms with van der Waals surface area (Å²) in [5.74, 6) is -0.0962. The minimum Gasteiger partial charge on any atom is -0.369 e. The number of aryl methyl sites for hydroxylation is 1. The molecule has 1 amide bonds. The number of aromatic nitrogens is 3. The molecule has 1 saturated heterocycles. The highest BCUT2D eigenvalue weighted by Gasteiger charge is 2.26. The molecular weight excluding hydrogens is 302 g/mol. The Morgan fingerprint density at radius 1 is 1.25 bits per heavy atom. The van der Waals surface area contributed by atoms with Gasteiger partial charge in [-0.3, -0.25) is 4.79 Å². The van der Waals surface area contributed by atoms with E-state index in [1.165, 1.54) is 5.69 Å². The number of nitrogens with one attached hydrogen (secondary N) is 1. The zero-order chi connectivity index (χ0) is 16.5. The molecule has 24 heavy (non-hydrogen) atoms. The van der Waals surface area contributed by atoms with Crippen molar-refractivity contribution in [2.45, 2.75) is 19.4 Å². The summed E-state index contributed by atoms with van der Waals surface area (Å²) >= 11 is 0. The van der Waals surface area contributed by atoms with Gasteiger partial charge < -0.3 is 10.2 Å². The predicted molar refractivity (Wildman–Crippen MR) is 92.3 cm³/mol. The molecule has 0 saturated carbocycles. The first-order valence-corrected chi connectivity index (χ1v) is 8.13. The maximum atomic E-state index is 12.7. The molecule has 1 aliphatic rings. The van der Waals surface area contributed by atoms with E-state index in [2.05, 4.69) is 32.4 Å². The second kappa shape index (κ2) is 5.96. The second-order valence-corrected chi connectivity index (χ2v) is 6.09. The molecule has 0 bridgehead atoms. The lowest BCUT2D eigenvalue weighted by Crippen LogP contribution is -2.37. The Morgan fingerprint density at radius 3 is 2.92 bits per heavy atom. The van der Waals surface area contributed by atoms with Crippen molar-refractivity contribution < 1.29 is 4.79 Å². The molecule has 1 atom stereocenters. The van der Waals surface area contributed by atoms with E-state index in [0.717, 1.165) is 19.5 Å². The SMILES string of the molecule is Cc1nn2cccnc2c1C(=O)N[C@@H]1CCN(c2ccccc2)C1. The zero-order valence-electron chi connectivity index (χ0n) is 13.5. The van der Waals surface area contributed by atoms with Crippen molar-refractivity contribution in [3.8, 4) is 0 Å². The normalized spacial score (nSPS) is 17.4. The van der Waals surface area contributed by atoms with Crippen molar-refractivity contribution in [3.05, 3.63) is 60.0 Å². The highest BCUT2D eigenvalue weighted by Crippen LogP contribution is 2.20. The number of nitrogens with zero attached hydrogens (tertiary/aromatic N) is 4. The van der Waals surface area contributed by atoms with Crippen LogP contribution in [-0.2, 0) is 0 Å². The summed E-state index contributed by atoms with van der Waals surface area (Å²) in [4.78, 5) is 19.3. The Labute approximate surface area is 140 Å². The summed E-state index contributed by atoms with van der Waals surface area (Å²) < 4.78 is 1.65. The Bertz CT molecular complexity index is 874. The van der Waals surface area contributed by atoms with Crippen LogP contribution in [0.25, 0.3) is 5.65 Å². The first-order valence-electron chi connectivity index (χ1n) is 8.13. The van der Waals surface area contributed by atoms with Gasteiger partial charge in [0.05, 0.1) is 5.69 Å². The molecule has 1 aliphatic heterocycles. The van der Waals surface area contributed by atoms with Crippen LogP contribution in [0.2, 0.25) is 0 Å². The molecule has 2 aromatic heterocycles. The van der Waals surface area contributed by atoms with Gasteiger partial charge in [-0.1, -0.05) is 18.2 Å². The fraction of sp³-hybridized carbons (Fsp3) is 0.278. The molecule has 122 valence electrons. The fourth-order valence-corrected chi connectivity index (χ4v) is 3.27. The average Bonchev–Trinajstić information content (AvgIpc) is 3.19. The number of anilines is 1. The van der Waals surface area contributed by atoms with Gasteiger partial charge in [0.1, 0.15) is 5.56 Å². The van der Waals surface area contributed by atoms with Crippen molar-refractivity contribution in [2.75, 3.05) is 18.0 Å². The van der Waals surface area contributed by atoms with Crippen LogP contribution in [0.5, 0.6) is 0 Å². The van der Waals surface area contributed by atoms with E-state index in [1.807, 2.05) is 25.1 Å². The molecule has 3 aromatic rings. The third kappa shape index (κ3) is 2.60. The number of hydrogen-bond donors (Lipinski definition) is 1. The molecular formula is C18H19N5O. The molecule has 0 aliphatic carbocycles. The van der Waals surface area contributed by atoms with Gasteiger partial charge in [0.25, 0.3) is 5.91 Å². The number of para-hydroxylation sites is 1. The first kappa shape index (κ1) is 14.7. The summed E-state index contributed by atoms with van der Waals surface area (Å²) in [6, 6.07) is 12.2. The molecule has 4 rings (SSSR count). The molecule has 1 fully saturated rings. The van der Waals surface area contributed by atoms with Crippen LogP contribution in [0.4, 0.5) is 5.69 Å². The summed E-state index contributed by atoms with van der Waals surface area (Å²) in [6.07, 6.45) is 4.42. The van der Waals surface area contributed by atoms with Gasteiger partial charge in [-0.15, -0.1) is 0 Å². The Morgan fingerprint density at radius 2 is 2.08 bits per heavy atom. The number of fused-ring (bicyclic) bond motifs is 1.